The Bertz CT molecular complexity index is 350. The maximum Gasteiger partial charge on any atom is 0.0235 e. The summed E-state index contributed by atoms with van der Waals surface area (Å²) in [6.45, 7) is 9.48. The van der Waals surface area contributed by atoms with Crippen molar-refractivity contribution in [1.82, 2.24) is 10.2 Å². The van der Waals surface area contributed by atoms with Crippen LogP contribution >= 0.6 is 0 Å². The molecule has 19 heavy (non-hydrogen) atoms. The maximum absolute atomic E-state index is 3.66. The van der Waals surface area contributed by atoms with Crippen molar-refractivity contribution in [2.24, 2.45) is 5.92 Å². The Labute approximate surface area is 118 Å². The second-order valence-electron chi connectivity index (χ2n) is 5.99. The Morgan fingerprint density at radius 3 is 2.84 bits per heavy atom. The van der Waals surface area contributed by atoms with E-state index in [2.05, 4.69) is 54.4 Å². The Kier molecular flexibility index (Phi) is 5.87. The molecular weight excluding hydrogens is 232 g/mol. The normalized spacial score (nSPS) is 22.3. The van der Waals surface area contributed by atoms with Crippen LogP contribution in [0.4, 0.5) is 0 Å². The Morgan fingerprint density at radius 1 is 1.32 bits per heavy atom. The molecule has 1 aromatic carbocycles. The van der Waals surface area contributed by atoms with E-state index in [1.54, 1.807) is 0 Å². The molecule has 106 valence electrons. The minimum atomic E-state index is 0.616. The van der Waals surface area contributed by atoms with E-state index >= 15 is 0 Å². The molecule has 1 aliphatic heterocycles. The standard InChI is InChI=1S/C17H28N2/c1-3-7-15(2)13-19-11-10-18-17(14-19)12-16-8-5-4-6-9-16/h4-6,8-9,15,17-18H,3,7,10-14H2,1-2H3. The maximum atomic E-state index is 3.66. The molecule has 0 aromatic heterocycles. The first-order valence-corrected chi connectivity index (χ1v) is 7.77. The summed E-state index contributed by atoms with van der Waals surface area (Å²) in [6, 6.07) is 11.5. The van der Waals surface area contributed by atoms with Crippen LogP contribution in [-0.2, 0) is 6.42 Å². The summed E-state index contributed by atoms with van der Waals surface area (Å²) in [4.78, 5) is 2.64. The fourth-order valence-corrected chi connectivity index (χ4v) is 3.12. The first-order chi connectivity index (χ1) is 9.28. The number of nitrogens with zero attached hydrogens (tertiary/aromatic N) is 1. The molecule has 2 rings (SSSR count). The molecule has 0 aliphatic carbocycles. The molecule has 0 amide bonds. The molecule has 0 spiro atoms. The van der Waals surface area contributed by atoms with Crippen LogP contribution in [0.2, 0.25) is 0 Å². The van der Waals surface area contributed by atoms with E-state index in [1.807, 2.05) is 0 Å². The third-order valence-electron chi connectivity index (χ3n) is 4.02. The molecule has 1 heterocycles. The second-order valence-corrected chi connectivity index (χ2v) is 5.99. The van der Waals surface area contributed by atoms with Crippen LogP contribution in [0.15, 0.2) is 30.3 Å². The van der Waals surface area contributed by atoms with E-state index < -0.39 is 0 Å². The van der Waals surface area contributed by atoms with Gasteiger partial charge in [0, 0.05) is 32.2 Å². The lowest BCUT2D eigenvalue weighted by molar-refractivity contribution is 0.173. The van der Waals surface area contributed by atoms with Gasteiger partial charge in [-0.25, -0.2) is 0 Å². The zero-order valence-corrected chi connectivity index (χ0v) is 12.4. The second kappa shape index (κ2) is 7.66. The Balaban J connectivity index is 1.80. The van der Waals surface area contributed by atoms with Gasteiger partial charge in [-0.3, -0.25) is 0 Å². The molecule has 1 N–H and O–H groups in total. The predicted molar refractivity (Wildman–Crippen MR) is 82.4 cm³/mol. The Hall–Kier alpha value is -0.860. The van der Waals surface area contributed by atoms with Crippen molar-refractivity contribution < 1.29 is 0 Å². The van der Waals surface area contributed by atoms with Gasteiger partial charge in [-0.1, -0.05) is 50.6 Å². The molecule has 0 radical (unpaired) electrons. The van der Waals surface area contributed by atoms with Gasteiger partial charge in [-0.15, -0.1) is 0 Å². The van der Waals surface area contributed by atoms with Crippen molar-refractivity contribution in [3.05, 3.63) is 35.9 Å². The van der Waals surface area contributed by atoms with Gasteiger partial charge in [0.1, 0.15) is 0 Å². The number of hydrogen-bond donors (Lipinski definition) is 1. The minimum absolute atomic E-state index is 0.616. The number of piperazine rings is 1. The van der Waals surface area contributed by atoms with Gasteiger partial charge in [0.15, 0.2) is 0 Å². The van der Waals surface area contributed by atoms with Crippen molar-refractivity contribution >= 4 is 0 Å². The van der Waals surface area contributed by atoms with Gasteiger partial charge >= 0.3 is 0 Å². The van der Waals surface area contributed by atoms with E-state index in [4.69, 9.17) is 0 Å². The molecule has 0 saturated carbocycles. The van der Waals surface area contributed by atoms with Gasteiger partial charge in [-0.05, 0) is 24.3 Å². The van der Waals surface area contributed by atoms with E-state index in [9.17, 15) is 0 Å². The van der Waals surface area contributed by atoms with Gasteiger partial charge in [0.2, 0.25) is 0 Å². The topological polar surface area (TPSA) is 15.3 Å². The van der Waals surface area contributed by atoms with Crippen molar-refractivity contribution in [3.8, 4) is 0 Å². The predicted octanol–water partition coefficient (Wildman–Crippen LogP) is 2.94. The first kappa shape index (κ1) is 14.5. The summed E-state index contributed by atoms with van der Waals surface area (Å²) in [6.07, 6.45) is 3.81. The van der Waals surface area contributed by atoms with Gasteiger partial charge in [0.05, 0.1) is 0 Å². The summed E-state index contributed by atoms with van der Waals surface area (Å²) < 4.78 is 0. The summed E-state index contributed by atoms with van der Waals surface area (Å²) in [5.74, 6) is 0.834. The summed E-state index contributed by atoms with van der Waals surface area (Å²) in [7, 11) is 0. The number of rotatable bonds is 6. The van der Waals surface area contributed by atoms with Crippen molar-refractivity contribution in [2.45, 2.75) is 39.2 Å². The number of hydrogen-bond acceptors (Lipinski definition) is 2. The largest absolute Gasteiger partial charge is 0.311 e. The highest BCUT2D eigenvalue weighted by atomic mass is 15.2. The average Bonchev–Trinajstić information content (AvgIpc) is 2.40. The lowest BCUT2D eigenvalue weighted by Gasteiger charge is -2.35. The molecule has 1 aromatic rings. The minimum Gasteiger partial charge on any atom is -0.311 e. The highest BCUT2D eigenvalue weighted by Gasteiger charge is 2.20. The molecule has 1 aliphatic rings. The van der Waals surface area contributed by atoms with E-state index in [1.165, 1.54) is 38.0 Å². The van der Waals surface area contributed by atoms with E-state index in [0.29, 0.717) is 6.04 Å². The number of nitrogens with one attached hydrogen (secondary N) is 1. The smallest absolute Gasteiger partial charge is 0.0235 e. The molecule has 2 unspecified atom stereocenters. The highest BCUT2D eigenvalue weighted by molar-refractivity contribution is 5.16. The van der Waals surface area contributed by atoms with Gasteiger partial charge < -0.3 is 10.2 Å². The lowest BCUT2D eigenvalue weighted by atomic mass is 10.0. The monoisotopic (exact) mass is 260 g/mol. The molecule has 2 nitrogen and oxygen atoms in total. The summed E-state index contributed by atoms with van der Waals surface area (Å²) in [5, 5.41) is 3.66. The molecule has 2 atom stereocenters. The third kappa shape index (κ3) is 4.96. The van der Waals surface area contributed by atoms with Crippen LogP contribution in [-0.4, -0.2) is 37.1 Å². The van der Waals surface area contributed by atoms with Gasteiger partial charge in [-0.2, -0.15) is 0 Å². The van der Waals surface area contributed by atoms with Crippen LogP contribution in [0.3, 0.4) is 0 Å². The first-order valence-electron chi connectivity index (χ1n) is 7.77. The molecule has 0 bridgehead atoms. The zero-order valence-electron chi connectivity index (χ0n) is 12.4. The van der Waals surface area contributed by atoms with Crippen LogP contribution in [0, 0.1) is 5.92 Å². The van der Waals surface area contributed by atoms with Crippen LogP contribution in [0.5, 0.6) is 0 Å². The summed E-state index contributed by atoms with van der Waals surface area (Å²) in [5.41, 5.74) is 1.45. The fourth-order valence-electron chi connectivity index (χ4n) is 3.12. The molecule has 1 saturated heterocycles. The molecule has 2 heteroatoms. The average molecular weight is 260 g/mol. The highest BCUT2D eigenvalue weighted by Crippen LogP contribution is 2.12. The third-order valence-corrected chi connectivity index (χ3v) is 4.02. The van der Waals surface area contributed by atoms with Crippen LogP contribution in [0.25, 0.3) is 0 Å². The summed E-state index contributed by atoms with van der Waals surface area (Å²) >= 11 is 0. The van der Waals surface area contributed by atoms with E-state index in [0.717, 1.165) is 18.9 Å². The fraction of sp³-hybridized carbons (Fsp3) is 0.647. The molecule has 1 fully saturated rings. The number of benzene rings is 1. The zero-order chi connectivity index (χ0) is 13.5. The van der Waals surface area contributed by atoms with E-state index in [-0.39, 0.29) is 0 Å². The lowest BCUT2D eigenvalue weighted by Crippen LogP contribution is -2.52. The van der Waals surface area contributed by atoms with Crippen molar-refractivity contribution in [3.63, 3.8) is 0 Å². The quantitative estimate of drug-likeness (QED) is 0.846. The van der Waals surface area contributed by atoms with Crippen molar-refractivity contribution in [1.29, 1.82) is 0 Å². The van der Waals surface area contributed by atoms with Crippen LogP contribution < -0.4 is 5.32 Å². The SMILES string of the molecule is CCCC(C)CN1CCNC(Cc2ccccc2)C1. The van der Waals surface area contributed by atoms with Gasteiger partial charge in [0.25, 0.3) is 0 Å². The Morgan fingerprint density at radius 2 is 2.11 bits per heavy atom. The molecular formula is C17H28N2. The van der Waals surface area contributed by atoms with Crippen molar-refractivity contribution in [2.75, 3.05) is 26.2 Å². The van der Waals surface area contributed by atoms with Crippen LogP contribution in [0.1, 0.15) is 32.3 Å².